The number of carbonyl (C=O) groups excluding carboxylic acids is 1. The Morgan fingerprint density at radius 2 is 2.41 bits per heavy atom. The zero-order valence-electron chi connectivity index (χ0n) is 10.9. The highest BCUT2D eigenvalue weighted by atomic mass is 16.1. The van der Waals surface area contributed by atoms with Gasteiger partial charge in [0.2, 0.25) is 0 Å². The molecular formula is C13H21N3O. The Hall–Kier alpha value is -1.16. The first-order valence-corrected chi connectivity index (χ1v) is 6.29. The Morgan fingerprint density at radius 3 is 2.94 bits per heavy atom. The van der Waals surface area contributed by atoms with Crippen LogP contribution in [0.5, 0.6) is 0 Å². The lowest BCUT2D eigenvalue weighted by molar-refractivity contribution is -0.126. The molecule has 2 rings (SSSR count). The molecule has 17 heavy (non-hydrogen) atoms. The molecule has 1 N–H and O–H groups in total. The predicted octanol–water partition coefficient (Wildman–Crippen LogP) is 1.58. The van der Waals surface area contributed by atoms with Crippen molar-refractivity contribution >= 4 is 5.78 Å². The summed E-state index contributed by atoms with van der Waals surface area (Å²) in [4.78, 5) is 12.2. The molecule has 1 aromatic rings. The third kappa shape index (κ3) is 2.57. The van der Waals surface area contributed by atoms with Gasteiger partial charge >= 0.3 is 0 Å². The summed E-state index contributed by atoms with van der Waals surface area (Å²) in [5, 5.41) is 7.68. The van der Waals surface area contributed by atoms with E-state index < -0.39 is 0 Å². The fraction of sp³-hybridized carbons (Fsp3) is 0.692. The summed E-state index contributed by atoms with van der Waals surface area (Å²) in [5.74, 6) is 0.302. The van der Waals surface area contributed by atoms with Gasteiger partial charge in [0.1, 0.15) is 5.78 Å². The molecule has 0 spiro atoms. The van der Waals surface area contributed by atoms with Crippen LogP contribution >= 0.6 is 0 Å². The number of aromatic nitrogens is 2. The van der Waals surface area contributed by atoms with Crippen molar-refractivity contribution in [3.8, 4) is 0 Å². The van der Waals surface area contributed by atoms with Crippen molar-refractivity contribution in [3.05, 3.63) is 18.0 Å². The number of hydrogen-bond acceptors (Lipinski definition) is 3. The smallest absolute Gasteiger partial charge is 0.146 e. The van der Waals surface area contributed by atoms with Crippen LogP contribution in [0.4, 0.5) is 0 Å². The highest BCUT2D eigenvalue weighted by Crippen LogP contribution is 2.27. The topological polar surface area (TPSA) is 46.9 Å². The molecule has 0 aromatic carbocycles. The highest BCUT2D eigenvalue weighted by Gasteiger charge is 2.35. The minimum absolute atomic E-state index is 0.193. The maximum absolute atomic E-state index is 12.2. The van der Waals surface area contributed by atoms with E-state index in [0.717, 1.165) is 25.2 Å². The number of carbonyl (C=O) groups is 1. The molecule has 94 valence electrons. The molecular weight excluding hydrogens is 214 g/mol. The summed E-state index contributed by atoms with van der Waals surface area (Å²) in [5.41, 5.74) is 0.693. The van der Waals surface area contributed by atoms with Gasteiger partial charge in [-0.3, -0.25) is 9.48 Å². The summed E-state index contributed by atoms with van der Waals surface area (Å²) in [6.45, 7) is 7.97. The fourth-order valence-corrected chi connectivity index (χ4v) is 2.19. The first-order chi connectivity index (χ1) is 8.01. The second-order valence-electron chi connectivity index (χ2n) is 5.47. The molecule has 0 aliphatic carbocycles. The molecule has 1 unspecified atom stereocenters. The molecule has 4 nitrogen and oxygen atoms in total. The number of nitrogens with zero attached hydrogens (tertiary/aromatic N) is 2. The second kappa shape index (κ2) is 4.61. The zero-order valence-corrected chi connectivity index (χ0v) is 10.9. The van der Waals surface area contributed by atoms with Crippen LogP contribution in [-0.2, 0) is 11.2 Å². The first kappa shape index (κ1) is 12.3. The summed E-state index contributed by atoms with van der Waals surface area (Å²) in [6.07, 6.45) is 3.34. The van der Waals surface area contributed by atoms with Gasteiger partial charge in [0.15, 0.2) is 0 Å². The van der Waals surface area contributed by atoms with Crippen LogP contribution in [0.1, 0.15) is 38.9 Å². The average molecular weight is 235 g/mol. The summed E-state index contributed by atoms with van der Waals surface area (Å²) in [7, 11) is 0. The van der Waals surface area contributed by atoms with Crippen molar-refractivity contribution in [2.45, 2.75) is 39.7 Å². The molecule has 0 amide bonds. The summed E-state index contributed by atoms with van der Waals surface area (Å²) >= 11 is 0. The van der Waals surface area contributed by atoms with Gasteiger partial charge in [0.05, 0.1) is 12.1 Å². The van der Waals surface area contributed by atoms with E-state index >= 15 is 0 Å². The van der Waals surface area contributed by atoms with Crippen LogP contribution in [0.3, 0.4) is 0 Å². The maximum atomic E-state index is 12.2. The van der Waals surface area contributed by atoms with E-state index in [1.807, 2.05) is 16.9 Å². The van der Waals surface area contributed by atoms with Gasteiger partial charge in [-0.25, -0.2) is 0 Å². The van der Waals surface area contributed by atoms with E-state index in [1.54, 1.807) is 0 Å². The van der Waals surface area contributed by atoms with E-state index in [-0.39, 0.29) is 5.41 Å². The van der Waals surface area contributed by atoms with Gasteiger partial charge in [0, 0.05) is 24.2 Å². The molecule has 1 aliphatic heterocycles. The summed E-state index contributed by atoms with van der Waals surface area (Å²) in [6, 6.07) is 2.30. The number of hydrogen-bond donors (Lipinski definition) is 1. The minimum Gasteiger partial charge on any atom is -0.316 e. The molecule has 2 heterocycles. The Balaban J connectivity index is 2.02. The Bertz CT molecular complexity index is 403. The normalized spacial score (nSPS) is 24.5. The van der Waals surface area contributed by atoms with Gasteiger partial charge in [0.25, 0.3) is 0 Å². The molecule has 1 atom stereocenters. The monoisotopic (exact) mass is 235 g/mol. The lowest BCUT2D eigenvalue weighted by Gasteiger charge is -2.20. The van der Waals surface area contributed by atoms with Crippen LogP contribution < -0.4 is 5.32 Å². The van der Waals surface area contributed by atoms with Crippen molar-refractivity contribution < 1.29 is 4.79 Å². The fourth-order valence-electron chi connectivity index (χ4n) is 2.19. The molecule has 1 fully saturated rings. The second-order valence-corrected chi connectivity index (χ2v) is 5.47. The number of nitrogens with one attached hydrogen (secondary N) is 1. The SMILES string of the molecule is CC(C)n1ccc(CC(=O)C2(C)CCNC2)n1. The lowest BCUT2D eigenvalue weighted by atomic mass is 9.83. The van der Waals surface area contributed by atoms with Crippen LogP contribution in [-0.4, -0.2) is 28.7 Å². The third-order valence-corrected chi connectivity index (χ3v) is 3.58. The van der Waals surface area contributed by atoms with Gasteiger partial charge in [-0.1, -0.05) is 6.92 Å². The minimum atomic E-state index is -0.193. The van der Waals surface area contributed by atoms with Crippen molar-refractivity contribution in [2.75, 3.05) is 13.1 Å². The third-order valence-electron chi connectivity index (χ3n) is 3.58. The number of ketones is 1. The number of Topliss-reactive ketones (excluding diaryl/α,β-unsaturated/α-hetero) is 1. The van der Waals surface area contributed by atoms with E-state index in [4.69, 9.17) is 0 Å². The largest absolute Gasteiger partial charge is 0.316 e. The van der Waals surface area contributed by atoms with Crippen molar-refractivity contribution in [2.24, 2.45) is 5.41 Å². The predicted molar refractivity (Wildman–Crippen MR) is 66.9 cm³/mol. The first-order valence-electron chi connectivity index (χ1n) is 6.29. The van der Waals surface area contributed by atoms with Crippen LogP contribution in [0.2, 0.25) is 0 Å². The molecule has 1 aliphatic rings. The van der Waals surface area contributed by atoms with Gasteiger partial charge in [-0.05, 0) is 32.9 Å². The molecule has 0 radical (unpaired) electrons. The highest BCUT2D eigenvalue weighted by molar-refractivity contribution is 5.86. The van der Waals surface area contributed by atoms with Gasteiger partial charge in [-0.2, -0.15) is 5.10 Å². The van der Waals surface area contributed by atoms with Crippen LogP contribution in [0.15, 0.2) is 12.3 Å². The number of rotatable bonds is 4. The molecule has 1 saturated heterocycles. The van der Waals surface area contributed by atoms with Gasteiger partial charge < -0.3 is 5.32 Å². The Labute approximate surface area is 102 Å². The van der Waals surface area contributed by atoms with E-state index in [2.05, 4.69) is 31.2 Å². The summed E-state index contributed by atoms with van der Waals surface area (Å²) < 4.78 is 1.90. The molecule has 0 bridgehead atoms. The molecule has 0 saturated carbocycles. The van der Waals surface area contributed by atoms with Crippen LogP contribution in [0.25, 0.3) is 0 Å². The van der Waals surface area contributed by atoms with Crippen LogP contribution in [0, 0.1) is 5.41 Å². The lowest BCUT2D eigenvalue weighted by Crippen LogP contribution is -2.31. The Morgan fingerprint density at radius 1 is 1.65 bits per heavy atom. The molecule has 4 heteroatoms. The zero-order chi connectivity index (χ0) is 12.5. The van der Waals surface area contributed by atoms with E-state index in [0.29, 0.717) is 18.2 Å². The van der Waals surface area contributed by atoms with E-state index in [1.165, 1.54) is 0 Å². The Kier molecular flexibility index (Phi) is 3.33. The van der Waals surface area contributed by atoms with Crippen molar-refractivity contribution in [3.63, 3.8) is 0 Å². The maximum Gasteiger partial charge on any atom is 0.146 e. The average Bonchev–Trinajstić information content (AvgIpc) is 2.88. The van der Waals surface area contributed by atoms with E-state index in [9.17, 15) is 4.79 Å². The standard InChI is InChI=1S/C13H21N3O/c1-10(2)16-7-4-11(15-16)8-12(17)13(3)5-6-14-9-13/h4,7,10,14H,5-6,8-9H2,1-3H3. The van der Waals surface area contributed by atoms with Crippen molar-refractivity contribution in [1.82, 2.24) is 15.1 Å². The van der Waals surface area contributed by atoms with Gasteiger partial charge in [-0.15, -0.1) is 0 Å². The molecule has 1 aromatic heterocycles. The van der Waals surface area contributed by atoms with Crippen molar-refractivity contribution in [1.29, 1.82) is 0 Å². The quantitative estimate of drug-likeness (QED) is 0.862.